The molecule has 0 saturated heterocycles. The molecule has 0 fully saturated rings. The summed E-state index contributed by atoms with van der Waals surface area (Å²) in [6, 6.07) is 7.12. The smallest absolute Gasteiger partial charge is 0.339 e. The van der Waals surface area contributed by atoms with Crippen LogP contribution < -0.4 is 0 Å². The van der Waals surface area contributed by atoms with E-state index < -0.39 is 5.97 Å². The maximum atomic E-state index is 12.2. The Morgan fingerprint density at radius 1 is 1.05 bits per heavy atom. The van der Waals surface area contributed by atoms with Gasteiger partial charge < -0.3 is 9.47 Å². The molecule has 0 aliphatic carbocycles. The van der Waals surface area contributed by atoms with Gasteiger partial charge >= 0.3 is 5.97 Å². The van der Waals surface area contributed by atoms with Crippen LogP contribution in [0.4, 0.5) is 0 Å². The topological polar surface area (TPSA) is 52.6 Å². The standard InChI is InChI=1S/C18H16O4/c1-5-12-16(11(2)21-3)15(10-19)13-8-6-7-9-14(13)17(12)18(20)22-4/h5-10H,1-2H2,3-4H3. The Bertz CT molecular complexity index is 787. The Morgan fingerprint density at radius 2 is 1.68 bits per heavy atom. The van der Waals surface area contributed by atoms with E-state index >= 15 is 0 Å². The fraction of sp³-hybridized carbons (Fsp3) is 0.111. The van der Waals surface area contributed by atoms with E-state index in [2.05, 4.69) is 13.2 Å². The number of rotatable bonds is 5. The molecule has 112 valence electrons. The number of aldehydes is 1. The number of benzene rings is 2. The number of methoxy groups -OCH3 is 2. The largest absolute Gasteiger partial charge is 0.497 e. The highest BCUT2D eigenvalue weighted by atomic mass is 16.5. The van der Waals surface area contributed by atoms with Gasteiger partial charge in [-0.25, -0.2) is 4.79 Å². The molecule has 0 heterocycles. The predicted octanol–water partition coefficient (Wildman–Crippen LogP) is 3.70. The zero-order valence-electron chi connectivity index (χ0n) is 12.5. The molecule has 0 unspecified atom stereocenters. The number of carbonyl (C=O) groups excluding carboxylic acids is 2. The third kappa shape index (κ3) is 2.29. The van der Waals surface area contributed by atoms with Crippen molar-refractivity contribution in [3.8, 4) is 0 Å². The van der Waals surface area contributed by atoms with Crippen LogP contribution in [-0.2, 0) is 9.47 Å². The van der Waals surface area contributed by atoms with E-state index in [4.69, 9.17) is 9.47 Å². The fourth-order valence-corrected chi connectivity index (χ4v) is 2.54. The number of fused-ring (bicyclic) bond motifs is 1. The van der Waals surface area contributed by atoms with Gasteiger partial charge in [-0.2, -0.15) is 0 Å². The average molecular weight is 296 g/mol. The molecule has 0 radical (unpaired) electrons. The Labute approximate surface area is 128 Å². The molecule has 4 heteroatoms. The Morgan fingerprint density at radius 3 is 2.18 bits per heavy atom. The molecule has 2 rings (SSSR count). The summed E-state index contributed by atoms with van der Waals surface area (Å²) in [7, 11) is 2.76. The van der Waals surface area contributed by atoms with Gasteiger partial charge in [0.05, 0.1) is 19.8 Å². The second-order valence-electron chi connectivity index (χ2n) is 4.56. The highest BCUT2D eigenvalue weighted by Gasteiger charge is 2.23. The average Bonchev–Trinajstić information content (AvgIpc) is 2.57. The van der Waals surface area contributed by atoms with Crippen LogP contribution in [-0.4, -0.2) is 26.5 Å². The van der Waals surface area contributed by atoms with Gasteiger partial charge in [-0.1, -0.05) is 43.5 Å². The maximum absolute atomic E-state index is 12.2. The highest BCUT2D eigenvalue weighted by molar-refractivity contribution is 6.14. The van der Waals surface area contributed by atoms with Crippen LogP contribution in [0.1, 0.15) is 31.8 Å². The first-order chi connectivity index (χ1) is 10.6. The number of esters is 1. The van der Waals surface area contributed by atoms with Gasteiger partial charge in [0, 0.05) is 16.7 Å². The van der Waals surface area contributed by atoms with Crippen molar-refractivity contribution in [3.63, 3.8) is 0 Å². The quantitative estimate of drug-likeness (QED) is 0.479. The molecule has 0 aliphatic heterocycles. The van der Waals surface area contributed by atoms with E-state index in [0.717, 1.165) is 6.29 Å². The van der Waals surface area contributed by atoms with Crippen LogP contribution in [0.25, 0.3) is 22.6 Å². The van der Waals surface area contributed by atoms with Crippen LogP contribution >= 0.6 is 0 Å². The molecule has 2 aromatic rings. The number of ether oxygens (including phenoxy) is 2. The second-order valence-corrected chi connectivity index (χ2v) is 4.56. The molecule has 0 bridgehead atoms. The second kappa shape index (κ2) is 6.26. The van der Waals surface area contributed by atoms with Crippen LogP contribution in [0, 0.1) is 0 Å². The fourth-order valence-electron chi connectivity index (χ4n) is 2.54. The van der Waals surface area contributed by atoms with Gasteiger partial charge in [-0.15, -0.1) is 0 Å². The summed E-state index contributed by atoms with van der Waals surface area (Å²) in [6.07, 6.45) is 2.24. The lowest BCUT2D eigenvalue weighted by atomic mass is 9.88. The molecule has 4 nitrogen and oxygen atoms in total. The van der Waals surface area contributed by atoms with Crippen molar-refractivity contribution in [3.05, 3.63) is 59.7 Å². The van der Waals surface area contributed by atoms with Gasteiger partial charge in [-0.3, -0.25) is 4.79 Å². The summed E-state index contributed by atoms with van der Waals surface area (Å²) in [5.74, 6) is -0.221. The Hall–Kier alpha value is -2.88. The SMILES string of the molecule is C=Cc1c(C(=C)OC)c(C=O)c2ccccc2c1C(=O)OC. The minimum absolute atomic E-state index is 0.285. The summed E-state index contributed by atoms with van der Waals surface area (Å²) in [5, 5.41) is 1.26. The molecule has 0 atom stereocenters. The van der Waals surface area contributed by atoms with Crippen LogP contribution in [0.15, 0.2) is 37.4 Å². The van der Waals surface area contributed by atoms with E-state index in [1.165, 1.54) is 20.3 Å². The molecular weight excluding hydrogens is 280 g/mol. The van der Waals surface area contributed by atoms with Gasteiger partial charge in [0.15, 0.2) is 6.29 Å². The number of carbonyl (C=O) groups is 2. The lowest BCUT2D eigenvalue weighted by Gasteiger charge is -2.18. The normalized spacial score (nSPS) is 10.1. The molecule has 0 aliphatic rings. The van der Waals surface area contributed by atoms with Crippen molar-refractivity contribution in [2.75, 3.05) is 14.2 Å². The van der Waals surface area contributed by atoms with E-state index in [0.29, 0.717) is 33.0 Å². The first-order valence-electron chi connectivity index (χ1n) is 6.58. The van der Waals surface area contributed by atoms with Crippen LogP contribution in [0.2, 0.25) is 0 Å². The van der Waals surface area contributed by atoms with Gasteiger partial charge in [0.1, 0.15) is 5.76 Å². The maximum Gasteiger partial charge on any atom is 0.339 e. The third-order valence-corrected chi connectivity index (χ3v) is 3.53. The van der Waals surface area contributed by atoms with Crippen molar-refractivity contribution in [2.45, 2.75) is 0 Å². The van der Waals surface area contributed by atoms with Gasteiger partial charge in [0.25, 0.3) is 0 Å². The van der Waals surface area contributed by atoms with Crippen molar-refractivity contribution < 1.29 is 19.1 Å². The molecule has 0 amide bonds. The molecule has 0 spiro atoms. The van der Waals surface area contributed by atoms with Crippen LogP contribution in [0.5, 0.6) is 0 Å². The zero-order chi connectivity index (χ0) is 16.3. The third-order valence-electron chi connectivity index (χ3n) is 3.53. The Kier molecular flexibility index (Phi) is 4.41. The van der Waals surface area contributed by atoms with Gasteiger partial charge in [0.2, 0.25) is 0 Å². The molecule has 0 saturated carbocycles. The van der Waals surface area contributed by atoms with Crippen molar-refractivity contribution in [1.29, 1.82) is 0 Å². The van der Waals surface area contributed by atoms with E-state index in [1.807, 2.05) is 0 Å². The van der Waals surface area contributed by atoms with E-state index in [9.17, 15) is 9.59 Å². The summed E-state index contributed by atoms with van der Waals surface area (Å²) < 4.78 is 10.1. The monoisotopic (exact) mass is 296 g/mol. The Balaban J connectivity index is 3.10. The highest BCUT2D eigenvalue weighted by Crippen LogP contribution is 2.34. The van der Waals surface area contributed by atoms with Crippen molar-refractivity contribution >= 4 is 34.9 Å². The van der Waals surface area contributed by atoms with E-state index in [-0.39, 0.29) is 5.76 Å². The van der Waals surface area contributed by atoms with Crippen molar-refractivity contribution in [2.24, 2.45) is 0 Å². The molecule has 2 aromatic carbocycles. The summed E-state index contributed by atoms with van der Waals surface area (Å²) >= 11 is 0. The summed E-state index contributed by atoms with van der Waals surface area (Å²) in [6.45, 7) is 7.56. The van der Waals surface area contributed by atoms with Crippen LogP contribution in [0.3, 0.4) is 0 Å². The first kappa shape index (κ1) is 15.5. The first-order valence-corrected chi connectivity index (χ1v) is 6.58. The minimum Gasteiger partial charge on any atom is -0.497 e. The number of hydrogen-bond acceptors (Lipinski definition) is 4. The predicted molar refractivity (Wildman–Crippen MR) is 86.8 cm³/mol. The van der Waals surface area contributed by atoms with E-state index in [1.54, 1.807) is 24.3 Å². The lowest BCUT2D eigenvalue weighted by molar-refractivity contribution is 0.0602. The molecule has 22 heavy (non-hydrogen) atoms. The number of hydrogen-bond donors (Lipinski definition) is 0. The minimum atomic E-state index is -0.506. The molecule has 0 aromatic heterocycles. The molecular formula is C18H16O4. The molecule has 0 N–H and O–H groups in total. The zero-order valence-corrected chi connectivity index (χ0v) is 12.5. The lowest BCUT2D eigenvalue weighted by Crippen LogP contribution is -2.10. The summed E-state index contributed by atoms with van der Waals surface area (Å²) in [4.78, 5) is 23.9. The summed E-state index contributed by atoms with van der Waals surface area (Å²) in [5.41, 5.74) is 1.67. The van der Waals surface area contributed by atoms with Gasteiger partial charge in [-0.05, 0) is 10.8 Å². The van der Waals surface area contributed by atoms with Crippen molar-refractivity contribution in [1.82, 2.24) is 0 Å².